The van der Waals surface area contributed by atoms with Crippen molar-refractivity contribution in [1.82, 2.24) is 4.90 Å². The number of halogens is 6. The maximum Gasteiger partial charge on any atom is 0.270 e. The molecule has 1 atom stereocenters. The van der Waals surface area contributed by atoms with E-state index >= 15 is 0 Å². The second kappa shape index (κ2) is 6.07. The van der Waals surface area contributed by atoms with Crippen LogP contribution in [0.2, 0.25) is 0 Å². The molecule has 0 aromatic heterocycles. The molecule has 1 aromatic rings. The summed E-state index contributed by atoms with van der Waals surface area (Å²) in [5.41, 5.74) is 0.770. The Labute approximate surface area is 146 Å². The van der Waals surface area contributed by atoms with Crippen LogP contribution in [0, 0.1) is 0 Å². The third kappa shape index (κ3) is 3.85. The van der Waals surface area contributed by atoms with Gasteiger partial charge in [0.2, 0.25) is 3.79 Å². The Morgan fingerprint density at radius 3 is 2.05 bits per heavy atom. The van der Waals surface area contributed by atoms with E-state index in [9.17, 15) is 0 Å². The Kier molecular flexibility index (Phi) is 5.00. The number of aliphatic imine (C=N–C) groups is 2. The topological polar surface area (TPSA) is 28.0 Å². The molecule has 1 heterocycles. The van der Waals surface area contributed by atoms with Crippen molar-refractivity contribution in [2.75, 3.05) is 0 Å². The molecule has 0 radical (unpaired) electrons. The van der Waals surface area contributed by atoms with Crippen molar-refractivity contribution in [2.24, 2.45) is 9.98 Å². The van der Waals surface area contributed by atoms with Gasteiger partial charge in [-0.3, -0.25) is 4.90 Å². The van der Waals surface area contributed by atoms with Gasteiger partial charge in [0.1, 0.15) is 0 Å². The molecular weight excluding hydrogens is 387 g/mol. The molecule has 2 rings (SSSR count). The molecule has 0 saturated heterocycles. The molecule has 0 amide bonds. The van der Waals surface area contributed by atoms with Crippen LogP contribution in [0.15, 0.2) is 40.3 Å². The predicted molar refractivity (Wildman–Crippen MR) is 87.7 cm³/mol. The summed E-state index contributed by atoms with van der Waals surface area (Å²) in [5.74, 6) is 0.396. The van der Waals surface area contributed by atoms with Crippen LogP contribution in [0.4, 0.5) is 0 Å². The summed E-state index contributed by atoms with van der Waals surface area (Å²) < 4.78 is -3.61. The third-order valence-corrected chi connectivity index (χ3v) is 3.60. The Morgan fingerprint density at radius 2 is 1.55 bits per heavy atom. The molecule has 0 aliphatic carbocycles. The van der Waals surface area contributed by atoms with Gasteiger partial charge in [-0.2, -0.15) is 0 Å². The van der Waals surface area contributed by atoms with Gasteiger partial charge < -0.3 is 0 Å². The van der Waals surface area contributed by atoms with E-state index in [-0.39, 0.29) is 0 Å². The molecule has 1 aliphatic heterocycles. The fraction of sp³-hybridized carbons (Fsp3) is 0.273. The quantitative estimate of drug-likeness (QED) is 0.497. The smallest absolute Gasteiger partial charge is 0.270 e. The Balaban J connectivity index is 2.41. The lowest BCUT2D eigenvalue weighted by Crippen LogP contribution is -2.50. The van der Waals surface area contributed by atoms with Gasteiger partial charge in [0.25, 0.3) is 3.92 Å². The van der Waals surface area contributed by atoms with Gasteiger partial charge in [-0.15, -0.1) is 0 Å². The molecule has 1 aliphatic rings. The minimum Gasteiger partial charge on any atom is -0.291 e. The van der Waals surface area contributed by atoms with Crippen LogP contribution in [0.3, 0.4) is 0 Å². The molecule has 9 heteroatoms. The molecule has 108 valence electrons. The Bertz CT molecular complexity index is 531. The normalized spacial score (nSPS) is 20.0. The molecule has 0 N–H and O–H groups in total. The summed E-state index contributed by atoms with van der Waals surface area (Å²) in [7, 11) is 0. The summed E-state index contributed by atoms with van der Waals surface area (Å²) in [6, 6.07) is 9.22. The zero-order valence-electron chi connectivity index (χ0n) is 9.65. The van der Waals surface area contributed by atoms with Crippen LogP contribution < -0.4 is 0 Å². The largest absolute Gasteiger partial charge is 0.291 e. The van der Waals surface area contributed by atoms with E-state index in [2.05, 4.69) is 9.98 Å². The van der Waals surface area contributed by atoms with Crippen molar-refractivity contribution in [2.45, 2.75) is 13.9 Å². The van der Waals surface area contributed by atoms with E-state index in [0.717, 1.165) is 10.5 Å². The van der Waals surface area contributed by atoms with Crippen molar-refractivity contribution >= 4 is 81.8 Å². The molecule has 1 aromatic carbocycles. The van der Waals surface area contributed by atoms with E-state index < -0.39 is 13.9 Å². The van der Waals surface area contributed by atoms with Crippen LogP contribution >= 0.6 is 69.6 Å². The van der Waals surface area contributed by atoms with Gasteiger partial charge in [-0.25, -0.2) is 9.98 Å². The van der Waals surface area contributed by atoms with Crippen molar-refractivity contribution in [3.63, 3.8) is 0 Å². The first-order chi connectivity index (χ1) is 9.19. The first-order valence-electron chi connectivity index (χ1n) is 5.29. The average Bonchev–Trinajstić information content (AvgIpc) is 2.37. The van der Waals surface area contributed by atoms with E-state index in [0.29, 0.717) is 5.84 Å². The maximum atomic E-state index is 5.91. The van der Waals surface area contributed by atoms with Crippen LogP contribution in [-0.4, -0.2) is 30.9 Å². The number of alkyl halides is 6. The van der Waals surface area contributed by atoms with Gasteiger partial charge in [0, 0.05) is 5.56 Å². The summed E-state index contributed by atoms with van der Waals surface area (Å²) in [5, 5.41) is 0. The third-order valence-electron chi connectivity index (χ3n) is 2.43. The maximum absolute atomic E-state index is 5.91. The van der Waals surface area contributed by atoms with Crippen LogP contribution in [0.1, 0.15) is 5.56 Å². The van der Waals surface area contributed by atoms with Crippen molar-refractivity contribution in [1.29, 1.82) is 0 Å². The first kappa shape index (κ1) is 16.5. The molecule has 0 bridgehead atoms. The number of benzene rings is 1. The van der Waals surface area contributed by atoms with Crippen LogP contribution in [0.5, 0.6) is 0 Å². The molecule has 0 fully saturated rings. The molecular formula is C11H7Cl6N3. The van der Waals surface area contributed by atoms with Crippen LogP contribution in [0.25, 0.3) is 0 Å². The molecule has 20 heavy (non-hydrogen) atoms. The fourth-order valence-electron chi connectivity index (χ4n) is 1.56. The van der Waals surface area contributed by atoms with Crippen molar-refractivity contribution in [3.05, 3.63) is 35.9 Å². The lowest BCUT2D eigenvalue weighted by Gasteiger charge is -2.38. The van der Waals surface area contributed by atoms with E-state index in [1.54, 1.807) is 0 Å². The monoisotopic (exact) mass is 391 g/mol. The minimum absolute atomic E-state index is 0.396. The Morgan fingerprint density at radius 1 is 0.950 bits per heavy atom. The highest BCUT2D eigenvalue weighted by Gasteiger charge is 2.45. The summed E-state index contributed by atoms with van der Waals surface area (Å²) in [4.78, 5) is 9.55. The van der Waals surface area contributed by atoms with Crippen molar-refractivity contribution < 1.29 is 0 Å². The van der Waals surface area contributed by atoms with E-state index in [1.165, 1.54) is 6.34 Å². The zero-order chi connectivity index (χ0) is 15.0. The lowest BCUT2D eigenvalue weighted by molar-refractivity contribution is 0.329. The average molecular weight is 394 g/mol. The van der Waals surface area contributed by atoms with Gasteiger partial charge in [-0.05, 0) is 0 Å². The summed E-state index contributed by atoms with van der Waals surface area (Å²) in [6.07, 6.45) is 0.294. The zero-order valence-corrected chi connectivity index (χ0v) is 14.2. The molecule has 0 spiro atoms. The van der Waals surface area contributed by atoms with Gasteiger partial charge in [0.15, 0.2) is 12.0 Å². The SMILES string of the molecule is ClC(Cl)(Cl)C1N=C(c2ccccc2)N=CN1C(Cl)(Cl)Cl. The second-order valence-electron chi connectivity index (χ2n) is 3.85. The number of hydrogen-bond donors (Lipinski definition) is 0. The summed E-state index contributed by atoms with van der Waals surface area (Å²) >= 11 is 35.2. The number of rotatable bonds is 1. The first-order valence-corrected chi connectivity index (χ1v) is 7.55. The van der Waals surface area contributed by atoms with Gasteiger partial charge in [0.05, 0.1) is 6.34 Å². The minimum atomic E-state index is -1.83. The number of amidine groups is 1. The molecule has 1 unspecified atom stereocenters. The van der Waals surface area contributed by atoms with E-state index in [4.69, 9.17) is 69.6 Å². The standard InChI is InChI=1S/C11H7Cl6N3/c12-10(13,14)9-19-8(7-4-2-1-3-5-7)18-6-20(9)11(15,16)17/h1-6,9H. The highest BCUT2D eigenvalue weighted by Crippen LogP contribution is 2.42. The highest BCUT2D eigenvalue weighted by molar-refractivity contribution is 6.69. The molecule has 0 saturated carbocycles. The lowest BCUT2D eigenvalue weighted by atomic mass is 10.2. The van der Waals surface area contributed by atoms with Gasteiger partial charge in [-0.1, -0.05) is 99.9 Å². The van der Waals surface area contributed by atoms with Gasteiger partial charge >= 0.3 is 0 Å². The summed E-state index contributed by atoms with van der Waals surface area (Å²) in [6.45, 7) is 0. The second-order valence-corrected chi connectivity index (χ2v) is 8.44. The fourth-order valence-corrected chi connectivity index (χ4v) is 2.43. The number of hydrogen-bond acceptors (Lipinski definition) is 3. The highest BCUT2D eigenvalue weighted by atomic mass is 35.6. The van der Waals surface area contributed by atoms with E-state index in [1.807, 2.05) is 30.3 Å². The number of nitrogens with zero attached hydrogens (tertiary/aromatic N) is 3. The van der Waals surface area contributed by atoms with Crippen molar-refractivity contribution in [3.8, 4) is 0 Å². The Hall–Kier alpha value is 0.1000. The van der Waals surface area contributed by atoms with Crippen LogP contribution in [-0.2, 0) is 0 Å². The molecule has 3 nitrogen and oxygen atoms in total. The predicted octanol–water partition coefficient (Wildman–Crippen LogP) is 4.80.